The second-order valence-electron chi connectivity index (χ2n) is 4.69. The number of nitro benzene ring substituents is 1. The summed E-state index contributed by atoms with van der Waals surface area (Å²) in [6.45, 7) is 1.42. The Morgan fingerprint density at radius 3 is 2.74 bits per heavy atom. The molecule has 0 saturated heterocycles. The Bertz CT molecular complexity index is 767. The van der Waals surface area contributed by atoms with Gasteiger partial charge in [0.2, 0.25) is 0 Å². The van der Waals surface area contributed by atoms with Crippen LogP contribution >= 0.6 is 27.5 Å². The topological polar surface area (TPSA) is 81.5 Å². The molecule has 0 atom stereocenters. The molecule has 8 heteroatoms. The fourth-order valence-corrected chi connectivity index (χ4v) is 2.55. The first-order valence-electron chi connectivity index (χ1n) is 6.49. The van der Waals surface area contributed by atoms with Crippen molar-refractivity contribution in [1.82, 2.24) is 0 Å². The van der Waals surface area contributed by atoms with Crippen molar-refractivity contribution in [2.75, 3.05) is 11.9 Å². The lowest BCUT2D eigenvalue weighted by Crippen LogP contribution is -2.20. The van der Waals surface area contributed by atoms with Crippen molar-refractivity contribution in [2.24, 2.45) is 0 Å². The predicted molar refractivity (Wildman–Crippen MR) is 91.1 cm³/mol. The van der Waals surface area contributed by atoms with E-state index in [2.05, 4.69) is 21.2 Å². The van der Waals surface area contributed by atoms with E-state index in [1.807, 2.05) is 0 Å². The molecule has 1 amide bonds. The summed E-state index contributed by atoms with van der Waals surface area (Å²) in [4.78, 5) is 22.4. The van der Waals surface area contributed by atoms with E-state index in [9.17, 15) is 14.9 Å². The molecule has 0 aliphatic heterocycles. The number of nitro groups is 1. The normalized spacial score (nSPS) is 10.2. The van der Waals surface area contributed by atoms with Gasteiger partial charge in [-0.1, -0.05) is 33.6 Å². The van der Waals surface area contributed by atoms with Crippen LogP contribution in [-0.2, 0) is 4.79 Å². The average molecular weight is 400 g/mol. The van der Waals surface area contributed by atoms with Gasteiger partial charge in [-0.05, 0) is 36.8 Å². The number of ether oxygens (including phenoxy) is 1. The highest BCUT2D eigenvalue weighted by atomic mass is 79.9. The van der Waals surface area contributed by atoms with Crippen LogP contribution in [0.3, 0.4) is 0 Å². The first-order chi connectivity index (χ1) is 10.9. The predicted octanol–water partition coefficient (Wildman–Crippen LogP) is 4.34. The zero-order valence-electron chi connectivity index (χ0n) is 12.0. The number of hydrogen-bond donors (Lipinski definition) is 1. The highest BCUT2D eigenvalue weighted by Gasteiger charge is 2.16. The maximum Gasteiger partial charge on any atom is 0.293 e. The van der Waals surface area contributed by atoms with Crippen molar-refractivity contribution >= 4 is 44.8 Å². The van der Waals surface area contributed by atoms with Gasteiger partial charge in [0.25, 0.3) is 11.6 Å². The Labute approximate surface area is 145 Å². The number of carbonyl (C=O) groups is 1. The first kappa shape index (κ1) is 17.2. The molecule has 0 unspecified atom stereocenters. The summed E-state index contributed by atoms with van der Waals surface area (Å²) in [5, 5.41) is 13.8. The minimum Gasteiger partial charge on any atom is -0.482 e. The third-order valence-electron chi connectivity index (χ3n) is 2.88. The number of rotatable bonds is 5. The molecule has 0 radical (unpaired) electrons. The zero-order chi connectivity index (χ0) is 17.0. The van der Waals surface area contributed by atoms with Gasteiger partial charge >= 0.3 is 0 Å². The number of nitrogens with one attached hydrogen (secondary N) is 1. The monoisotopic (exact) mass is 398 g/mol. The van der Waals surface area contributed by atoms with Gasteiger partial charge in [0, 0.05) is 10.5 Å². The lowest BCUT2D eigenvalue weighted by Gasteiger charge is -2.09. The minimum atomic E-state index is -0.547. The van der Waals surface area contributed by atoms with E-state index < -0.39 is 10.8 Å². The van der Waals surface area contributed by atoms with Gasteiger partial charge in [0.05, 0.1) is 9.95 Å². The van der Waals surface area contributed by atoms with Crippen LogP contribution in [0.2, 0.25) is 5.02 Å². The van der Waals surface area contributed by atoms with Crippen LogP contribution in [0, 0.1) is 17.0 Å². The van der Waals surface area contributed by atoms with E-state index in [4.69, 9.17) is 16.3 Å². The summed E-state index contributed by atoms with van der Waals surface area (Å²) in [5.41, 5.74) is 0.684. The van der Waals surface area contributed by atoms with Crippen molar-refractivity contribution in [3.8, 4) is 5.75 Å². The number of aryl methyl sites for hydroxylation is 1. The molecule has 120 valence electrons. The molecular formula is C15H12BrClN2O4. The molecule has 0 bridgehead atoms. The Morgan fingerprint density at radius 1 is 1.35 bits per heavy atom. The summed E-state index contributed by atoms with van der Waals surface area (Å²) in [6, 6.07) is 9.53. The maximum absolute atomic E-state index is 11.9. The summed E-state index contributed by atoms with van der Waals surface area (Å²) in [5.74, 6) is -0.167. The van der Waals surface area contributed by atoms with Crippen molar-refractivity contribution < 1.29 is 14.5 Å². The SMILES string of the molecule is Cc1ccc(NC(=O)COc2ccc(Br)cc2Cl)c([N+](=O)[O-])c1. The number of nitrogens with zero attached hydrogens (tertiary/aromatic N) is 1. The Morgan fingerprint density at radius 2 is 2.09 bits per heavy atom. The van der Waals surface area contributed by atoms with E-state index in [-0.39, 0.29) is 18.0 Å². The molecule has 0 aromatic heterocycles. The van der Waals surface area contributed by atoms with Crippen LogP contribution in [0.4, 0.5) is 11.4 Å². The molecule has 0 fully saturated rings. The molecule has 23 heavy (non-hydrogen) atoms. The average Bonchev–Trinajstić information content (AvgIpc) is 2.48. The number of amides is 1. The van der Waals surface area contributed by atoms with E-state index >= 15 is 0 Å². The van der Waals surface area contributed by atoms with Gasteiger partial charge < -0.3 is 10.1 Å². The lowest BCUT2D eigenvalue weighted by molar-refractivity contribution is -0.384. The second kappa shape index (κ2) is 7.43. The van der Waals surface area contributed by atoms with Gasteiger partial charge in [-0.2, -0.15) is 0 Å². The number of anilines is 1. The van der Waals surface area contributed by atoms with E-state index in [0.717, 1.165) is 10.0 Å². The smallest absolute Gasteiger partial charge is 0.293 e. The third-order valence-corrected chi connectivity index (χ3v) is 3.67. The summed E-state index contributed by atoms with van der Waals surface area (Å²) < 4.78 is 6.10. The fraction of sp³-hybridized carbons (Fsp3) is 0.133. The van der Waals surface area contributed by atoms with Crippen LogP contribution in [0.5, 0.6) is 5.75 Å². The number of halogens is 2. The molecule has 0 heterocycles. The zero-order valence-corrected chi connectivity index (χ0v) is 14.3. The standard InChI is InChI=1S/C15H12BrClN2O4/c1-9-2-4-12(13(6-9)19(21)22)18-15(20)8-23-14-5-3-10(16)7-11(14)17/h2-7H,8H2,1H3,(H,18,20). The molecule has 0 aliphatic carbocycles. The summed E-state index contributed by atoms with van der Waals surface area (Å²) in [6.07, 6.45) is 0. The summed E-state index contributed by atoms with van der Waals surface area (Å²) >= 11 is 9.25. The largest absolute Gasteiger partial charge is 0.482 e. The molecule has 2 aromatic carbocycles. The molecule has 2 aromatic rings. The van der Waals surface area contributed by atoms with Crippen LogP contribution < -0.4 is 10.1 Å². The van der Waals surface area contributed by atoms with E-state index in [1.54, 1.807) is 31.2 Å². The van der Waals surface area contributed by atoms with Crippen molar-refractivity contribution in [3.63, 3.8) is 0 Å². The van der Waals surface area contributed by atoms with E-state index in [1.165, 1.54) is 12.1 Å². The molecular weight excluding hydrogens is 388 g/mol. The van der Waals surface area contributed by atoms with Crippen LogP contribution in [0.15, 0.2) is 40.9 Å². The third kappa shape index (κ3) is 4.67. The molecule has 0 spiro atoms. The molecule has 6 nitrogen and oxygen atoms in total. The lowest BCUT2D eigenvalue weighted by atomic mass is 10.2. The Hall–Kier alpha value is -2.12. The maximum atomic E-state index is 11.9. The Balaban J connectivity index is 2.04. The van der Waals surface area contributed by atoms with Gasteiger partial charge in [-0.15, -0.1) is 0 Å². The molecule has 1 N–H and O–H groups in total. The van der Waals surface area contributed by atoms with Gasteiger partial charge in [0.15, 0.2) is 6.61 Å². The van der Waals surface area contributed by atoms with Crippen molar-refractivity contribution in [1.29, 1.82) is 0 Å². The highest BCUT2D eigenvalue weighted by Crippen LogP contribution is 2.28. The van der Waals surface area contributed by atoms with Gasteiger partial charge in [0.1, 0.15) is 11.4 Å². The second-order valence-corrected chi connectivity index (χ2v) is 6.01. The van der Waals surface area contributed by atoms with Gasteiger partial charge in [-0.25, -0.2) is 0 Å². The van der Waals surface area contributed by atoms with Crippen molar-refractivity contribution in [3.05, 3.63) is 61.6 Å². The van der Waals surface area contributed by atoms with Crippen LogP contribution in [0.1, 0.15) is 5.56 Å². The summed E-state index contributed by atoms with van der Waals surface area (Å²) in [7, 11) is 0. The molecule has 2 rings (SSSR count). The van der Waals surface area contributed by atoms with Crippen LogP contribution in [-0.4, -0.2) is 17.4 Å². The number of hydrogen-bond acceptors (Lipinski definition) is 4. The molecule has 0 aliphatic rings. The fourth-order valence-electron chi connectivity index (χ4n) is 1.82. The van der Waals surface area contributed by atoms with Gasteiger partial charge in [-0.3, -0.25) is 14.9 Å². The first-order valence-corrected chi connectivity index (χ1v) is 7.66. The number of benzene rings is 2. The Kier molecular flexibility index (Phi) is 5.57. The minimum absolute atomic E-state index is 0.121. The highest BCUT2D eigenvalue weighted by molar-refractivity contribution is 9.10. The van der Waals surface area contributed by atoms with E-state index in [0.29, 0.717) is 10.8 Å². The van der Waals surface area contributed by atoms with Crippen molar-refractivity contribution in [2.45, 2.75) is 6.92 Å². The number of carbonyl (C=O) groups excluding carboxylic acids is 1. The molecule has 0 saturated carbocycles. The van der Waals surface area contributed by atoms with Crippen LogP contribution in [0.25, 0.3) is 0 Å². The quantitative estimate of drug-likeness (QED) is 0.599.